The summed E-state index contributed by atoms with van der Waals surface area (Å²) in [6, 6.07) is 2.30. The van der Waals surface area contributed by atoms with Crippen LogP contribution in [0, 0.1) is 12.8 Å². The molecule has 9 nitrogen and oxygen atoms in total. The summed E-state index contributed by atoms with van der Waals surface area (Å²) in [5, 5.41) is 11.4. The third kappa shape index (κ3) is 3.66. The SMILES string of the molecule is Cc1cn2nc([C@@H]3CCCCN3C(=O)C3CNCNC3)cc2nc1N1CC[C@H](N)C1. The number of amides is 1. The predicted molar refractivity (Wildman–Crippen MR) is 115 cm³/mol. The van der Waals surface area contributed by atoms with Gasteiger partial charge in [-0.15, -0.1) is 0 Å². The van der Waals surface area contributed by atoms with Crippen molar-refractivity contribution in [1.82, 2.24) is 30.1 Å². The minimum absolute atomic E-state index is 0.0114. The third-order valence-electron chi connectivity index (χ3n) is 6.66. The lowest BCUT2D eigenvalue weighted by molar-refractivity contribution is -0.139. The quantitative estimate of drug-likeness (QED) is 0.670. The van der Waals surface area contributed by atoms with Crippen LogP contribution in [-0.4, -0.2) is 70.8 Å². The molecule has 9 heteroatoms. The normalized spacial score (nSPS) is 25.9. The first kappa shape index (κ1) is 19.7. The lowest BCUT2D eigenvalue weighted by atomic mass is 9.96. The van der Waals surface area contributed by atoms with Crippen LogP contribution in [-0.2, 0) is 4.79 Å². The van der Waals surface area contributed by atoms with Gasteiger partial charge in [0.2, 0.25) is 5.91 Å². The highest BCUT2D eigenvalue weighted by Crippen LogP contribution is 2.32. The summed E-state index contributed by atoms with van der Waals surface area (Å²) < 4.78 is 1.87. The average Bonchev–Trinajstić information content (AvgIpc) is 3.39. The summed E-state index contributed by atoms with van der Waals surface area (Å²) in [7, 11) is 0. The molecule has 4 N–H and O–H groups in total. The summed E-state index contributed by atoms with van der Waals surface area (Å²) in [6.07, 6.45) is 6.18. The third-order valence-corrected chi connectivity index (χ3v) is 6.66. The molecule has 5 rings (SSSR count). The fourth-order valence-electron chi connectivity index (χ4n) is 5.05. The molecule has 5 heterocycles. The Balaban J connectivity index is 1.43. The maximum atomic E-state index is 13.2. The Labute approximate surface area is 177 Å². The number of piperidine rings is 1. The summed E-state index contributed by atoms with van der Waals surface area (Å²) >= 11 is 0. The van der Waals surface area contributed by atoms with E-state index in [0.29, 0.717) is 0 Å². The van der Waals surface area contributed by atoms with Crippen LogP contribution in [0.25, 0.3) is 5.65 Å². The van der Waals surface area contributed by atoms with E-state index in [9.17, 15) is 4.79 Å². The lowest BCUT2D eigenvalue weighted by Gasteiger charge is -2.38. The number of nitrogens with one attached hydrogen (secondary N) is 2. The largest absolute Gasteiger partial charge is 0.355 e. The topological polar surface area (TPSA) is 104 Å². The fourth-order valence-corrected chi connectivity index (χ4v) is 5.05. The molecule has 3 aliphatic heterocycles. The van der Waals surface area contributed by atoms with Crippen molar-refractivity contribution in [1.29, 1.82) is 0 Å². The molecule has 2 aromatic heterocycles. The first-order valence-electron chi connectivity index (χ1n) is 11.2. The average molecular weight is 413 g/mol. The van der Waals surface area contributed by atoms with Crippen molar-refractivity contribution in [2.24, 2.45) is 11.7 Å². The van der Waals surface area contributed by atoms with Gasteiger partial charge in [-0.2, -0.15) is 5.10 Å². The van der Waals surface area contributed by atoms with Gasteiger partial charge in [-0.3, -0.25) is 4.79 Å². The smallest absolute Gasteiger partial charge is 0.228 e. The molecule has 3 saturated heterocycles. The van der Waals surface area contributed by atoms with Crippen molar-refractivity contribution in [2.45, 2.75) is 44.7 Å². The van der Waals surface area contributed by atoms with Crippen LogP contribution in [0.15, 0.2) is 12.3 Å². The Morgan fingerprint density at radius 1 is 1.20 bits per heavy atom. The number of anilines is 1. The minimum Gasteiger partial charge on any atom is -0.355 e. The summed E-state index contributed by atoms with van der Waals surface area (Å²) in [4.78, 5) is 22.5. The molecule has 162 valence electrons. The number of nitrogens with two attached hydrogens (primary N) is 1. The van der Waals surface area contributed by atoms with Crippen LogP contribution < -0.4 is 21.3 Å². The van der Waals surface area contributed by atoms with E-state index in [2.05, 4.69) is 39.6 Å². The predicted octanol–water partition coefficient (Wildman–Crippen LogP) is 0.395. The Kier molecular flexibility index (Phi) is 5.34. The van der Waals surface area contributed by atoms with Gasteiger partial charge in [0.05, 0.1) is 17.7 Å². The molecule has 2 aromatic rings. The molecule has 2 atom stereocenters. The highest BCUT2D eigenvalue weighted by atomic mass is 16.2. The summed E-state index contributed by atoms with van der Waals surface area (Å²) in [6.45, 7) is 6.92. The van der Waals surface area contributed by atoms with Crippen LogP contribution >= 0.6 is 0 Å². The maximum absolute atomic E-state index is 13.2. The van der Waals surface area contributed by atoms with E-state index in [1.807, 2.05) is 4.52 Å². The van der Waals surface area contributed by atoms with Gasteiger partial charge in [0.25, 0.3) is 0 Å². The van der Waals surface area contributed by atoms with Gasteiger partial charge in [0.15, 0.2) is 5.65 Å². The van der Waals surface area contributed by atoms with E-state index in [1.165, 1.54) is 0 Å². The Morgan fingerprint density at radius 2 is 2.03 bits per heavy atom. The number of hydrogen-bond donors (Lipinski definition) is 3. The molecule has 3 aliphatic rings. The monoisotopic (exact) mass is 412 g/mol. The number of aromatic nitrogens is 3. The van der Waals surface area contributed by atoms with E-state index in [4.69, 9.17) is 15.8 Å². The van der Waals surface area contributed by atoms with Gasteiger partial charge in [0.1, 0.15) is 5.82 Å². The number of carbonyl (C=O) groups is 1. The van der Waals surface area contributed by atoms with Gasteiger partial charge < -0.3 is 26.2 Å². The van der Waals surface area contributed by atoms with Crippen molar-refractivity contribution in [3.05, 3.63) is 23.5 Å². The second kappa shape index (κ2) is 8.13. The first-order chi connectivity index (χ1) is 14.6. The van der Waals surface area contributed by atoms with E-state index in [1.54, 1.807) is 0 Å². The van der Waals surface area contributed by atoms with Gasteiger partial charge in [0, 0.05) is 63.3 Å². The zero-order chi connectivity index (χ0) is 20.7. The maximum Gasteiger partial charge on any atom is 0.228 e. The van der Waals surface area contributed by atoms with Gasteiger partial charge >= 0.3 is 0 Å². The molecule has 0 saturated carbocycles. The number of hydrogen-bond acceptors (Lipinski definition) is 7. The number of likely N-dealkylation sites (tertiary alicyclic amines) is 1. The Hall–Kier alpha value is -2.23. The Bertz CT molecular complexity index is 921. The van der Waals surface area contributed by atoms with Gasteiger partial charge in [-0.1, -0.05) is 0 Å². The lowest BCUT2D eigenvalue weighted by Crippen LogP contribution is -2.52. The second-order valence-electron chi connectivity index (χ2n) is 8.94. The van der Waals surface area contributed by atoms with Crippen LogP contribution in [0.5, 0.6) is 0 Å². The molecule has 0 bridgehead atoms. The molecular formula is C21H32N8O. The van der Waals surface area contributed by atoms with E-state index in [0.717, 1.165) is 87.8 Å². The van der Waals surface area contributed by atoms with Crippen LogP contribution in [0.3, 0.4) is 0 Å². The molecule has 0 radical (unpaired) electrons. The number of fused-ring (bicyclic) bond motifs is 1. The zero-order valence-electron chi connectivity index (χ0n) is 17.7. The number of aryl methyl sites for hydroxylation is 1. The van der Waals surface area contributed by atoms with Crippen LogP contribution in [0.2, 0.25) is 0 Å². The van der Waals surface area contributed by atoms with Gasteiger partial charge in [-0.05, 0) is 32.6 Å². The Morgan fingerprint density at radius 3 is 2.80 bits per heavy atom. The molecule has 0 unspecified atom stereocenters. The minimum atomic E-state index is -0.0114. The highest BCUT2D eigenvalue weighted by Gasteiger charge is 2.34. The van der Waals surface area contributed by atoms with Crippen molar-refractivity contribution < 1.29 is 4.79 Å². The zero-order valence-corrected chi connectivity index (χ0v) is 17.7. The summed E-state index contributed by atoms with van der Waals surface area (Å²) in [5.74, 6) is 1.22. The van der Waals surface area contributed by atoms with Crippen molar-refractivity contribution >= 4 is 17.4 Å². The van der Waals surface area contributed by atoms with E-state index >= 15 is 0 Å². The van der Waals surface area contributed by atoms with Crippen molar-refractivity contribution in [2.75, 3.05) is 44.3 Å². The summed E-state index contributed by atoms with van der Waals surface area (Å²) in [5.41, 5.74) is 8.98. The molecule has 0 spiro atoms. The number of nitrogens with zero attached hydrogens (tertiary/aromatic N) is 5. The van der Waals surface area contributed by atoms with Crippen molar-refractivity contribution in [3.8, 4) is 0 Å². The van der Waals surface area contributed by atoms with Gasteiger partial charge in [-0.25, -0.2) is 9.50 Å². The molecule has 0 aliphatic carbocycles. The van der Waals surface area contributed by atoms with E-state index in [-0.39, 0.29) is 23.9 Å². The van der Waals surface area contributed by atoms with E-state index < -0.39 is 0 Å². The number of rotatable bonds is 3. The molecular weight excluding hydrogens is 380 g/mol. The highest BCUT2D eigenvalue weighted by molar-refractivity contribution is 5.80. The van der Waals surface area contributed by atoms with Crippen LogP contribution in [0.4, 0.5) is 5.82 Å². The first-order valence-corrected chi connectivity index (χ1v) is 11.2. The standard InChI is InChI=1S/C21H32N8O/c1-14-11-29-19(25-20(14)27-7-5-16(22)12-27)8-17(26-29)18-4-2-3-6-28(18)21(30)15-9-23-13-24-10-15/h8,11,15-16,18,23-24H,2-7,9-10,12-13,22H2,1H3/t16-,18-/m0/s1. The van der Waals surface area contributed by atoms with Crippen LogP contribution in [0.1, 0.15) is 43.0 Å². The molecule has 1 amide bonds. The molecule has 30 heavy (non-hydrogen) atoms. The second-order valence-corrected chi connectivity index (χ2v) is 8.94. The number of carbonyl (C=O) groups excluding carboxylic acids is 1. The van der Waals surface area contributed by atoms with Crippen molar-refractivity contribution in [3.63, 3.8) is 0 Å². The molecule has 3 fully saturated rings. The molecule has 0 aromatic carbocycles. The fraction of sp³-hybridized carbons (Fsp3) is 0.667.